The molecule has 0 bridgehead atoms. The van der Waals surface area contributed by atoms with Gasteiger partial charge in [0.15, 0.2) is 5.78 Å². The van der Waals surface area contributed by atoms with Gasteiger partial charge in [-0.2, -0.15) is 0 Å². The van der Waals surface area contributed by atoms with Gasteiger partial charge in [-0.1, -0.05) is 55.8 Å². The number of carbonyl (C=O) groups is 3. The van der Waals surface area contributed by atoms with Gasteiger partial charge in [0.2, 0.25) is 11.6 Å². The van der Waals surface area contributed by atoms with Crippen molar-refractivity contribution in [3.63, 3.8) is 0 Å². The number of amides is 2. The van der Waals surface area contributed by atoms with Gasteiger partial charge in [-0.3, -0.25) is 20.1 Å². The number of aromatic hydroxyl groups is 1. The van der Waals surface area contributed by atoms with Crippen LogP contribution >= 0.6 is 11.8 Å². The largest absolute Gasteiger partial charge is 0.508 e. The van der Waals surface area contributed by atoms with Gasteiger partial charge in [-0.25, -0.2) is 0 Å². The van der Waals surface area contributed by atoms with Gasteiger partial charge in [-0.15, -0.1) is 11.8 Å². The van der Waals surface area contributed by atoms with Crippen molar-refractivity contribution in [3.8, 4) is 5.75 Å². The van der Waals surface area contributed by atoms with E-state index in [4.69, 9.17) is 5.73 Å². The first-order valence-corrected chi connectivity index (χ1v) is 12.9. The first-order valence-electron chi connectivity index (χ1n) is 11.7. The molecule has 5 N–H and O–H groups in total. The molecule has 2 aromatic rings. The van der Waals surface area contributed by atoms with Crippen LogP contribution in [0, 0.1) is 12.8 Å². The highest BCUT2D eigenvalue weighted by Gasteiger charge is 2.50. The molecule has 8 nitrogen and oxygen atoms in total. The van der Waals surface area contributed by atoms with E-state index in [1.807, 2.05) is 13.0 Å². The number of carbonyl (C=O) groups excluding carboxylic acids is 3. The molecule has 0 saturated carbocycles. The minimum atomic E-state index is -2.57. The van der Waals surface area contributed by atoms with Crippen LogP contribution < -0.4 is 11.1 Å². The van der Waals surface area contributed by atoms with Crippen molar-refractivity contribution in [2.24, 2.45) is 11.7 Å². The second kappa shape index (κ2) is 11.7. The molecule has 0 spiro atoms. The number of rotatable bonds is 10. The van der Waals surface area contributed by atoms with Crippen molar-refractivity contribution in [3.05, 3.63) is 65.2 Å². The smallest absolute Gasteiger partial charge is 0.271 e. The molecule has 188 valence electrons. The molecule has 1 fully saturated rings. The molecule has 3 rings (SSSR count). The summed E-state index contributed by atoms with van der Waals surface area (Å²) >= 11 is 1.39. The van der Waals surface area contributed by atoms with E-state index in [2.05, 4.69) is 5.32 Å². The van der Waals surface area contributed by atoms with Crippen LogP contribution in [0.15, 0.2) is 48.5 Å². The van der Waals surface area contributed by atoms with Crippen molar-refractivity contribution in [2.45, 2.75) is 44.9 Å². The Morgan fingerprint density at radius 2 is 1.91 bits per heavy atom. The number of nitrogens with one attached hydrogen (secondary N) is 1. The molecule has 1 aliphatic rings. The van der Waals surface area contributed by atoms with Gasteiger partial charge < -0.3 is 20.4 Å². The summed E-state index contributed by atoms with van der Waals surface area (Å²) in [5, 5.41) is 24.4. The molecule has 1 aliphatic heterocycles. The average Bonchev–Trinajstić information content (AvgIpc) is 3.34. The third kappa shape index (κ3) is 6.04. The fourth-order valence-corrected chi connectivity index (χ4v) is 5.28. The van der Waals surface area contributed by atoms with Crippen LogP contribution in [0.5, 0.6) is 5.75 Å². The molecule has 2 amide bonds. The Morgan fingerprint density at radius 1 is 1.20 bits per heavy atom. The highest BCUT2D eigenvalue weighted by molar-refractivity contribution is 7.99. The van der Waals surface area contributed by atoms with E-state index in [0.717, 1.165) is 12.8 Å². The van der Waals surface area contributed by atoms with Crippen LogP contribution in [0.2, 0.25) is 0 Å². The van der Waals surface area contributed by atoms with Crippen LogP contribution in [0.25, 0.3) is 0 Å². The number of hydrogen-bond donors (Lipinski definition) is 4. The molecule has 0 aromatic heterocycles. The first kappa shape index (κ1) is 26.7. The lowest BCUT2D eigenvalue weighted by Gasteiger charge is -2.35. The van der Waals surface area contributed by atoms with E-state index in [9.17, 15) is 24.6 Å². The second-order valence-electron chi connectivity index (χ2n) is 8.82. The lowest BCUT2D eigenvalue weighted by atomic mass is 9.81. The van der Waals surface area contributed by atoms with E-state index in [1.54, 1.807) is 31.2 Å². The third-order valence-corrected chi connectivity index (χ3v) is 7.33. The average molecular weight is 500 g/mol. The molecule has 1 saturated heterocycles. The van der Waals surface area contributed by atoms with Gasteiger partial charge in [0.05, 0.1) is 11.8 Å². The Morgan fingerprint density at radius 3 is 2.60 bits per heavy atom. The summed E-state index contributed by atoms with van der Waals surface area (Å²) < 4.78 is 0. The van der Waals surface area contributed by atoms with Crippen molar-refractivity contribution in [1.82, 2.24) is 10.2 Å². The molecular formula is C26H33N3O5S. The predicted octanol–water partition coefficient (Wildman–Crippen LogP) is 2.21. The summed E-state index contributed by atoms with van der Waals surface area (Å²) in [6.45, 7) is 4.10. The number of unbranched alkanes of at least 4 members (excludes halogenated alkanes) is 1. The maximum Gasteiger partial charge on any atom is 0.271 e. The number of benzene rings is 2. The molecule has 0 radical (unpaired) electrons. The lowest BCUT2D eigenvalue weighted by molar-refractivity contribution is -0.157. The molecule has 1 unspecified atom stereocenters. The zero-order chi connectivity index (χ0) is 25.6. The number of aliphatic hydroxyl groups is 1. The van der Waals surface area contributed by atoms with Crippen molar-refractivity contribution in [1.29, 1.82) is 0 Å². The Kier molecular flexibility index (Phi) is 8.93. The Labute approximate surface area is 209 Å². The molecule has 35 heavy (non-hydrogen) atoms. The van der Waals surface area contributed by atoms with E-state index >= 15 is 0 Å². The fourth-order valence-electron chi connectivity index (χ4n) is 4.12. The van der Waals surface area contributed by atoms with E-state index in [-0.39, 0.29) is 29.5 Å². The van der Waals surface area contributed by atoms with Gasteiger partial charge in [-0.05, 0) is 31.4 Å². The quantitative estimate of drug-likeness (QED) is 0.224. The van der Waals surface area contributed by atoms with Crippen LogP contribution in [-0.2, 0) is 16.0 Å². The van der Waals surface area contributed by atoms with Crippen LogP contribution in [0.1, 0.15) is 41.3 Å². The maximum absolute atomic E-state index is 13.7. The van der Waals surface area contributed by atoms with Gasteiger partial charge in [0.25, 0.3) is 5.91 Å². The van der Waals surface area contributed by atoms with Gasteiger partial charge in [0, 0.05) is 23.4 Å². The van der Waals surface area contributed by atoms with Gasteiger partial charge in [0.1, 0.15) is 11.8 Å². The number of phenolic OH excluding ortho intramolecular Hbond substituents is 1. The Hall–Kier alpha value is -2.88. The first-order chi connectivity index (χ1) is 16.7. The maximum atomic E-state index is 13.7. The lowest BCUT2D eigenvalue weighted by Crippen LogP contribution is -2.64. The number of thioether (sulfide) groups is 1. The van der Waals surface area contributed by atoms with Crippen LogP contribution in [0.3, 0.4) is 0 Å². The zero-order valence-corrected chi connectivity index (χ0v) is 20.9. The predicted molar refractivity (Wildman–Crippen MR) is 136 cm³/mol. The van der Waals surface area contributed by atoms with Gasteiger partial charge >= 0.3 is 0 Å². The summed E-state index contributed by atoms with van der Waals surface area (Å²) in [5.74, 6) is -2.58. The molecule has 2 aromatic carbocycles. The number of nitrogens with two attached hydrogens (primary N) is 1. The number of phenols is 1. The Balaban J connectivity index is 1.93. The summed E-state index contributed by atoms with van der Waals surface area (Å²) in [7, 11) is 0. The third-order valence-electron chi connectivity index (χ3n) is 6.32. The number of Topliss-reactive ketones (excluding diaryl/α,β-unsaturated/α-hetero) is 1. The highest BCUT2D eigenvalue weighted by atomic mass is 32.2. The highest BCUT2D eigenvalue weighted by Crippen LogP contribution is 2.31. The van der Waals surface area contributed by atoms with Crippen molar-refractivity contribution in [2.75, 3.05) is 18.2 Å². The molecule has 9 heteroatoms. The van der Waals surface area contributed by atoms with Crippen LogP contribution in [-0.4, -0.2) is 62.7 Å². The standard InChI is InChI=1S/C26H33N3O5S/c1-3-4-13-28-24(32)21-15-35-16-29(21)25(33)26(27,34)20(14-18-9-6-5-7-10-18)23(31)19-11-8-12-22(30)17(19)2/h5-12,20-21,30,34H,3-4,13-16,27H2,1-2H3,(H,28,32)/t20-,21?,26+/m1/s1. The molecule has 3 atom stereocenters. The normalized spacial score (nSPS) is 18.1. The number of hydrogen-bond acceptors (Lipinski definition) is 7. The van der Waals surface area contributed by atoms with E-state index in [1.165, 1.54) is 34.9 Å². The number of nitrogens with zero attached hydrogens (tertiary/aromatic N) is 1. The SMILES string of the molecule is CCCCNC(=O)C1CSCN1C(=O)[C@@](N)(O)[C@H](Cc1ccccc1)C(=O)c1cccc(O)c1C. The summed E-state index contributed by atoms with van der Waals surface area (Å²) in [5.41, 5.74) is 4.93. The number of ketones is 1. The topological polar surface area (TPSA) is 133 Å². The second-order valence-corrected chi connectivity index (χ2v) is 9.82. The molecule has 1 heterocycles. The zero-order valence-electron chi connectivity index (χ0n) is 20.1. The van der Waals surface area contributed by atoms with E-state index < -0.39 is 29.4 Å². The molecule has 0 aliphatic carbocycles. The summed E-state index contributed by atoms with van der Waals surface area (Å²) in [6.07, 6.45) is 1.74. The fraction of sp³-hybridized carbons (Fsp3) is 0.423. The minimum absolute atomic E-state index is 0.00184. The minimum Gasteiger partial charge on any atom is -0.508 e. The molecular weight excluding hydrogens is 466 g/mol. The van der Waals surface area contributed by atoms with E-state index in [0.29, 0.717) is 23.4 Å². The van der Waals surface area contributed by atoms with Crippen LogP contribution in [0.4, 0.5) is 0 Å². The monoisotopic (exact) mass is 499 g/mol. The summed E-state index contributed by atoms with van der Waals surface area (Å²) in [4.78, 5) is 41.2. The van der Waals surface area contributed by atoms with Crippen molar-refractivity contribution >= 4 is 29.4 Å². The summed E-state index contributed by atoms with van der Waals surface area (Å²) in [6, 6.07) is 12.7. The Bertz CT molecular complexity index is 1060. The van der Waals surface area contributed by atoms with Crippen molar-refractivity contribution < 1.29 is 24.6 Å².